The van der Waals surface area contributed by atoms with Gasteiger partial charge in [0.1, 0.15) is 0 Å². The van der Waals surface area contributed by atoms with Crippen molar-refractivity contribution in [3.8, 4) is 0 Å². The number of hydrogen-bond donors (Lipinski definition) is 1. The average molecular weight is 289 g/mol. The van der Waals surface area contributed by atoms with Crippen molar-refractivity contribution < 1.29 is 4.79 Å². The fourth-order valence-electron chi connectivity index (χ4n) is 3.10. The van der Waals surface area contributed by atoms with Gasteiger partial charge in [-0.15, -0.1) is 0 Å². The van der Waals surface area contributed by atoms with E-state index in [1.165, 1.54) is 5.56 Å². The lowest BCUT2D eigenvalue weighted by molar-refractivity contribution is -0.130. The van der Waals surface area contributed by atoms with Crippen molar-refractivity contribution >= 4 is 11.6 Å². The molecular formula is C17H27N3O. The number of likely N-dealkylation sites (tertiary alicyclic amines) is 1. The first kappa shape index (κ1) is 15.8. The van der Waals surface area contributed by atoms with Crippen LogP contribution in [0.5, 0.6) is 0 Å². The molecule has 21 heavy (non-hydrogen) atoms. The SMILES string of the molecule is CCN(CC)C1CCN(C(=O)CCc2ccc(N)cc2)C1. The van der Waals surface area contributed by atoms with Crippen molar-refractivity contribution in [2.45, 2.75) is 39.2 Å². The summed E-state index contributed by atoms with van der Waals surface area (Å²) in [6.07, 6.45) is 2.50. The molecule has 0 aromatic heterocycles. The molecule has 1 unspecified atom stereocenters. The molecule has 116 valence electrons. The summed E-state index contributed by atoms with van der Waals surface area (Å²) in [6, 6.07) is 8.34. The number of aryl methyl sites for hydroxylation is 1. The highest BCUT2D eigenvalue weighted by atomic mass is 16.2. The van der Waals surface area contributed by atoms with Gasteiger partial charge in [0, 0.05) is 31.2 Å². The fraction of sp³-hybridized carbons (Fsp3) is 0.588. The third kappa shape index (κ3) is 4.21. The van der Waals surface area contributed by atoms with Crippen molar-refractivity contribution in [2.24, 2.45) is 0 Å². The van der Waals surface area contributed by atoms with Gasteiger partial charge in [-0.05, 0) is 43.6 Å². The molecule has 1 aromatic carbocycles. The largest absolute Gasteiger partial charge is 0.399 e. The van der Waals surface area contributed by atoms with Gasteiger partial charge in [0.25, 0.3) is 0 Å². The number of hydrogen-bond acceptors (Lipinski definition) is 3. The van der Waals surface area contributed by atoms with Crippen LogP contribution in [0.4, 0.5) is 5.69 Å². The highest BCUT2D eigenvalue weighted by Gasteiger charge is 2.28. The molecule has 4 heteroatoms. The summed E-state index contributed by atoms with van der Waals surface area (Å²) >= 11 is 0. The monoisotopic (exact) mass is 289 g/mol. The molecule has 0 bridgehead atoms. The summed E-state index contributed by atoms with van der Waals surface area (Å²) < 4.78 is 0. The van der Waals surface area contributed by atoms with Crippen molar-refractivity contribution in [2.75, 3.05) is 31.9 Å². The maximum absolute atomic E-state index is 12.3. The number of anilines is 1. The van der Waals surface area contributed by atoms with Gasteiger partial charge in [-0.3, -0.25) is 9.69 Å². The summed E-state index contributed by atoms with van der Waals surface area (Å²) in [6.45, 7) is 8.30. The van der Waals surface area contributed by atoms with Gasteiger partial charge in [0.15, 0.2) is 0 Å². The Bertz CT molecular complexity index is 454. The lowest BCUT2D eigenvalue weighted by Crippen LogP contribution is -2.38. The van der Waals surface area contributed by atoms with Crippen LogP contribution in [0, 0.1) is 0 Å². The predicted octanol–water partition coefficient (Wildman–Crippen LogP) is 2.14. The minimum atomic E-state index is 0.279. The van der Waals surface area contributed by atoms with Crippen LogP contribution in [-0.4, -0.2) is 47.9 Å². The van der Waals surface area contributed by atoms with Crippen LogP contribution in [0.3, 0.4) is 0 Å². The average Bonchev–Trinajstić information content (AvgIpc) is 2.97. The van der Waals surface area contributed by atoms with Crippen LogP contribution < -0.4 is 5.73 Å². The minimum Gasteiger partial charge on any atom is -0.399 e. The first-order valence-corrected chi connectivity index (χ1v) is 8.00. The lowest BCUT2D eigenvalue weighted by atomic mass is 10.1. The van der Waals surface area contributed by atoms with Gasteiger partial charge in [0.05, 0.1) is 0 Å². The van der Waals surface area contributed by atoms with E-state index in [-0.39, 0.29) is 5.91 Å². The van der Waals surface area contributed by atoms with E-state index >= 15 is 0 Å². The normalized spacial score (nSPS) is 18.4. The number of amides is 1. The summed E-state index contributed by atoms with van der Waals surface area (Å²) in [5.74, 6) is 0.279. The van der Waals surface area contributed by atoms with Gasteiger partial charge in [-0.1, -0.05) is 26.0 Å². The van der Waals surface area contributed by atoms with Crippen LogP contribution in [0.15, 0.2) is 24.3 Å². The molecule has 0 radical (unpaired) electrons. The molecule has 1 aromatic rings. The molecule has 1 fully saturated rings. The standard InChI is InChI=1S/C17H27N3O/c1-3-19(4-2)16-11-12-20(13-16)17(21)10-7-14-5-8-15(18)9-6-14/h5-6,8-9,16H,3-4,7,10-13,18H2,1-2H3. The second kappa shape index (κ2) is 7.46. The van der Waals surface area contributed by atoms with Crippen LogP contribution in [-0.2, 0) is 11.2 Å². The summed E-state index contributed by atoms with van der Waals surface area (Å²) in [5, 5.41) is 0. The minimum absolute atomic E-state index is 0.279. The molecule has 1 amide bonds. The molecule has 4 nitrogen and oxygen atoms in total. The smallest absolute Gasteiger partial charge is 0.222 e. The Balaban J connectivity index is 1.80. The van der Waals surface area contributed by atoms with Crippen LogP contribution in [0.2, 0.25) is 0 Å². The van der Waals surface area contributed by atoms with Gasteiger partial charge < -0.3 is 10.6 Å². The van der Waals surface area contributed by atoms with Gasteiger partial charge in [0.2, 0.25) is 5.91 Å². The summed E-state index contributed by atoms with van der Waals surface area (Å²) in [5.41, 5.74) is 7.62. The Labute approximate surface area is 127 Å². The zero-order chi connectivity index (χ0) is 15.2. The maximum atomic E-state index is 12.3. The molecular weight excluding hydrogens is 262 g/mol. The third-order valence-corrected chi connectivity index (χ3v) is 4.45. The van der Waals surface area contributed by atoms with E-state index in [0.717, 1.165) is 44.7 Å². The number of nitrogens with two attached hydrogens (primary N) is 1. The van der Waals surface area contributed by atoms with E-state index < -0.39 is 0 Å². The van der Waals surface area contributed by atoms with Crippen LogP contribution in [0.25, 0.3) is 0 Å². The number of nitrogen functional groups attached to an aromatic ring is 1. The van der Waals surface area contributed by atoms with E-state index in [1.807, 2.05) is 29.2 Å². The van der Waals surface area contributed by atoms with Crippen molar-refractivity contribution in [3.63, 3.8) is 0 Å². The fourth-order valence-corrected chi connectivity index (χ4v) is 3.10. The zero-order valence-corrected chi connectivity index (χ0v) is 13.2. The lowest BCUT2D eigenvalue weighted by Gasteiger charge is -2.26. The van der Waals surface area contributed by atoms with Crippen LogP contribution in [0.1, 0.15) is 32.3 Å². The highest BCUT2D eigenvalue weighted by molar-refractivity contribution is 5.76. The first-order chi connectivity index (χ1) is 10.1. The van der Waals surface area contributed by atoms with Crippen molar-refractivity contribution in [3.05, 3.63) is 29.8 Å². The third-order valence-electron chi connectivity index (χ3n) is 4.45. The second-order valence-electron chi connectivity index (χ2n) is 5.75. The highest BCUT2D eigenvalue weighted by Crippen LogP contribution is 2.17. The molecule has 0 saturated carbocycles. The number of carbonyl (C=O) groups is 1. The van der Waals surface area contributed by atoms with Crippen LogP contribution >= 0.6 is 0 Å². The van der Waals surface area contributed by atoms with E-state index in [9.17, 15) is 4.79 Å². The molecule has 2 N–H and O–H groups in total. The molecule has 0 aliphatic carbocycles. The second-order valence-corrected chi connectivity index (χ2v) is 5.75. The molecule has 2 rings (SSSR count). The van der Waals surface area contributed by atoms with Crippen molar-refractivity contribution in [1.82, 2.24) is 9.80 Å². The van der Waals surface area contributed by atoms with E-state index in [2.05, 4.69) is 18.7 Å². The Morgan fingerprint density at radius 1 is 1.29 bits per heavy atom. The van der Waals surface area contributed by atoms with E-state index in [4.69, 9.17) is 5.73 Å². The Morgan fingerprint density at radius 2 is 1.95 bits per heavy atom. The Hall–Kier alpha value is -1.55. The van der Waals surface area contributed by atoms with Gasteiger partial charge in [-0.2, -0.15) is 0 Å². The van der Waals surface area contributed by atoms with Gasteiger partial charge in [-0.25, -0.2) is 0 Å². The zero-order valence-electron chi connectivity index (χ0n) is 13.2. The first-order valence-electron chi connectivity index (χ1n) is 8.00. The Kier molecular flexibility index (Phi) is 5.62. The molecule has 1 heterocycles. The number of nitrogens with zero attached hydrogens (tertiary/aromatic N) is 2. The summed E-state index contributed by atoms with van der Waals surface area (Å²) in [7, 11) is 0. The molecule has 1 saturated heterocycles. The van der Waals surface area contributed by atoms with Gasteiger partial charge >= 0.3 is 0 Å². The number of likely N-dealkylation sites (N-methyl/N-ethyl adjacent to an activating group) is 1. The Morgan fingerprint density at radius 3 is 2.57 bits per heavy atom. The predicted molar refractivity (Wildman–Crippen MR) is 87.1 cm³/mol. The number of carbonyl (C=O) groups excluding carboxylic acids is 1. The van der Waals surface area contributed by atoms with E-state index in [0.29, 0.717) is 12.5 Å². The molecule has 0 spiro atoms. The topological polar surface area (TPSA) is 49.6 Å². The molecule has 1 atom stereocenters. The van der Waals surface area contributed by atoms with E-state index in [1.54, 1.807) is 0 Å². The molecule has 1 aliphatic rings. The maximum Gasteiger partial charge on any atom is 0.222 e. The number of benzene rings is 1. The quantitative estimate of drug-likeness (QED) is 0.816. The molecule has 1 aliphatic heterocycles. The number of rotatable bonds is 6. The summed E-state index contributed by atoms with van der Waals surface area (Å²) in [4.78, 5) is 16.8. The van der Waals surface area contributed by atoms with Crippen molar-refractivity contribution in [1.29, 1.82) is 0 Å².